The second kappa shape index (κ2) is 9.73. The molecule has 1 aliphatic heterocycles. The molecule has 6 nitrogen and oxygen atoms in total. The summed E-state index contributed by atoms with van der Waals surface area (Å²) in [5, 5.41) is 0. The van der Waals surface area contributed by atoms with Crippen molar-refractivity contribution in [3.63, 3.8) is 0 Å². The molecule has 0 N–H and O–H groups in total. The number of hydrogen-bond acceptors (Lipinski definition) is 5. The molecule has 0 saturated carbocycles. The number of aryl methyl sites for hydroxylation is 1. The molecule has 1 aliphatic rings. The van der Waals surface area contributed by atoms with Gasteiger partial charge >= 0.3 is 0 Å². The number of amides is 1. The zero-order valence-electron chi connectivity index (χ0n) is 17.9. The molecule has 2 aromatic carbocycles. The van der Waals surface area contributed by atoms with Crippen LogP contribution in [0.3, 0.4) is 0 Å². The van der Waals surface area contributed by atoms with E-state index in [0.29, 0.717) is 25.3 Å². The van der Waals surface area contributed by atoms with Gasteiger partial charge in [0.1, 0.15) is 0 Å². The molecule has 7 heteroatoms. The van der Waals surface area contributed by atoms with Gasteiger partial charge < -0.3 is 9.64 Å². The molecule has 1 saturated heterocycles. The topological polar surface area (TPSA) is 66.9 Å². The maximum Gasteiger partial charge on any atom is 0.254 e. The molecule has 162 valence electrons. The van der Waals surface area contributed by atoms with Crippen LogP contribution >= 0.6 is 0 Å². The van der Waals surface area contributed by atoms with E-state index in [1.165, 1.54) is 6.07 Å². The zero-order chi connectivity index (χ0) is 21.7. The Bertz CT molecular complexity index is 970. The average molecular weight is 431 g/mol. The molecule has 0 spiro atoms. The van der Waals surface area contributed by atoms with E-state index in [1.54, 1.807) is 12.1 Å². The summed E-state index contributed by atoms with van der Waals surface area (Å²) >= 11 is 0. The average Bonchev–Trinajstić information content (AvgIpc) is 2.72. The van der Waals surface area contributed by atoms with Crippen LogP contribution in [0.4, 0.5) is 0 Å². The second-order valence-electron chi connectivity index (χ2n) is 7.93. The van der Waals surface area contributed by atoms with Gasteiger partial charge in [-0.25, -0.2) is 8.42 Å². The lowest BCUT2D eigenvalue weighted by Crippen LogP contribution is -2.48. The molecule has 0 bridgehead atoms. The summed E-state index contributed by atoms with van der Waals surface area (Å²) in [6.45, 7) is 8.20. The van der Waals surface area contributed by atoms with Crippen LogP contribution in [0.15, 0.2) is 53.4 Å². The smallest absolute Gasteiger partial charge is 0.254 e. The van der Waals surface area contributed by atoms with E-state index in [4.69, 9.17) is 4.74 Å². The maximum atomic E-state index is 13.6. The van der Waals surface area contributed by atoms with E-state index in [2.05, 4.69) is 4.90 Å². The normalized spacial score (nSPS) is 16.2. The predicted octanol–water partition coefficient (Wildman–Crippen LogP) is 2.76. The Balaban J connectivity index is 1.91. The zero-order valence-corrected chi connectivity index (χ0v) is 18.7. The quantitative estimate of drug-likeness (QED) is 0.676. The Hall–Kier alpha value is -2.22. The van der Waals surface area contributed by atoms with Crippen LogP contribution in [0.1, 0.15) is 28.4 Å². The van der Waals surface area contributed by atoms with Crippen molar-refractivity contribution in [1.82, 2.24) is 9.80 Å². The Morgan fingerprint density at radius 2 is 1.80 bits per heavy atom. The molecule has 1 unspecified atom stereocenters. The van der Waals surface area contributed by atoms with Crippen LogP contribution in [0.5, 0.6) is 0 Å². The highest BCUT2D eigenvalue weighted by molar-refractivity contribution is 7.90. The van der Waals surface area contributed by atoms with Crippen LogP contribution in [0, 0.1) is 6.92 Å². The van der Waals surface area contributed by atoms with Gasteiger partial charge in [-0.2, -0.15) is 0 Å². The monoisotopic (exact) mass is 430 g/mol. The third-order valence-electron chi connectivity index (χ3n) is 5.48. The van der Waals surface area contributed by atoms with Crippen molar-refractivity contribution in [2.75, 3.05) is 39.1 Å². The lowest BCUT2D eigenvalue weighted by atomic mass is 10.1. The van der Waals surface area contributed by atoms with Crippen molar-refractivity contribution in [1.29, 1.82) is 0 Å². The summed E-state index contributed by atoms with van der Waals surface area (Å²) in [7, 11) is -3.40. The maximum absolute atomic E-state index is 13.6. The summed E-state index contributed by atoms with van der Waals surface area (Å²) in [5.74, 6) is -0.150. The number of rotatable bonds is 7. The fraction of sp³-hybridized carbons (Fsp3) is 0.435. The lowest BCUT2D eigenvalue weighted by molar-refractivity contribution is 0.0228. The van der Waals surface area contributed by atoms with Crippen LogP contribution in [-0.2, 0) is 21.1 Å². The molecular formula is C23H30N2O4S. The van der Waals surface area contributed by atoms with Crippen molar-refractivity contribution in [2.45, 2.75) is 31.3 Å². The number of carbonyl (C=O) groups excluding carboxylic acids is 1. The van der Waals surface area contributed by atoms with Gasteiger partial charge in [-0.15, -0.1) is 0 Å². The molecule has 0 aliphatic carbocycles. The van der Waals surface area contributed by atoms with Crippen LogP contribution in [-0.4, -0.2) is 69.3 Å². The van der Waals surface area contributed by atoms with Crippen molar-refractivity contribution in [2.24, 2.45) is 0 Å². The number of hydrogen-bond donors (Lipinski definition) is 0. The van der Waals surface area contributed by atoms with Gasteiger partial charge in [0.15, 0.2) is 9.84 Å². The molecule has 30 heavy (non-hydrogen) atoms. The summed E-state index contributed by atoms with van der Waals surface area (Å²) in [6, 6.07) is 14.6. The van der Waals surface area contributed by atoms with Crippen LogP contribution in [0.2, 0.25) is 0 Å². The minimum absolute atomic E-state index is 0.0444. The highest BCUT2D eigenvalue weighted by Gasteiger charge is 2.26. The molecular weight excluding hydrogens is 400 g/mol. The number of nitrogens with zero attached hydrogens (tertiary/aromatic N) is 2. The Morgan fingerprint density at radius 3 is 2.43 bits per heavy atom. The Labute approximate surface area is 179 Å². The molecule has 0 aromatic heterocycles. The fourth-order valence-corrected chi connectivity index (χ4v) is 4.33. The van der Waals surface area contributed by atoms with E-state index >= 15 is 0 Å². The van der Waals surface area contributed by atoms with E-state index in [0.717, 1.165) is 37.0 Å². The van der Waals surface area contributed by atoms with Gasteiger partial charge in [0.25, 0.3) is 5.91 Å². The summed E-state index contributed by atoms with van der Waals surface area (Å²) < 4.78 is 29.5. The summed E-state index contributed by atoms with van der Waals surface area (Å²) in [6.07, 6.45) is 1.16. The lowest BCUT2D eigenvalue weighted by Gasteiger charge is -2.35. The van der Waals surface area contributed by atoms with Crippen molar-refractivity contribution >= 4 is 15.7 Å². The number of morpholine rings is 1. The van der Waals surface area contributed by atoms with Gasteiger partial charge in [0.05, 0.1) is 18.1 Å². The highest BCUT2D eigenvalue weighted by Crippen LogP contribution is 2.21. The fourth-order valence-electron chi connectivity index (χ4n) is 3.68. The molecule has 1 fully saturated rings. The van der Waals surface area contributed by atoms with Crippen molar-refractivity contribution in [3.8, 4) is 0 Å². The number of benzene rings is 2. The molecule has 3 rings (SSSR count). The van der Waals surface area contributed by atoms with Gasteiger partial charge in [-0.1, -0.05) is 36.4 Å². The van der Waals surface area contributed by atoms with E-state index in [-0.39, 0.29) is 16.8 Å². The minimum Gasteiger partial charge on any atom is -0.379 e. The van der Waals surface area contributed by atoms with Gasteiger partial charge in [0.2, 0.25) is 0 Å². The highest BCUT2D eigenvalue weighted by atomic mass is 32.2. The minimum atomic E-state index is -3.40. The third-order valence-corrected chi connectivity index (χ3v) is 6.59. The second-order valence-corrected chi connectivity index (χ2v) is 9.95. The van der Waals surface area contributed by atoms with Crippen molar-refractivity contribution < 1.29 is 17.9 Å². The summed E-state index contributed by atoms with van der Waals surface area (Å²) in [4.78, 5) is 17.9. The van der Waals surface area contributed by atoms with Crippen LogP contribution in [0.25, 0.3) is 0 Å². The van der Waals surface area contributed by atoms with Gasteiger partial charge in [-0.3, -0.25) is 9.69 Å². The largest absolute Gasteiger partial charge is 0.379 e. The van der Waals surface area contributed by atoms with E-state index in [1.807, 2.05) is 49.1 Å². The first kappa shape index (κ1) is 22.5. The Kier molecular flexibility index (Phi) is 7.28. The number of carbonyl (C=O) groups is 1. The Morgan fingerprint density at radius 1 is 1.13 bits per heavy atom. The first-order valence-corrected chi connectivity index (χ1v) is 12.1. The predicted molar refractivity (Wildman–Crippen MR) is 117 cm³/mol. The van der Waals surface area contributed by atoms with Gasteiger partial charge in [0, 0.05) is 44.0 Å². The molecule has 0 radical (unpaired) electrons. The van der Waals surface area contributed by atoms with E-state index < -0.39 is 9.84 Å². The molecule has 1 amide bonds. The molecule has 2 aromatic rings. The molecule has 1 atom stereocenters. The SMILES string of the molecule is Cc1ccc(S(C)(=O)=O)cc1C(=O)N(Cc1ccccc1)C(C)CN1CCOCC1. The standard InChI is InChI=1S/C23H30N2O4S/c1-18-9-10-21(30(3,27)28)15-22(18)23(26)25(17-20-7-5-4-6-8-20)19(2)16-24-11-13-29-14-12-24/h4-10,15,19H,11-14,16-17H2,1-3H3. The first-order valence-electron chi connectivity index (χ1n) is 10.2. The van der Waals surface area contributed by atoms with Gasteiger partial charge in [-0.05, 0) is 37.1 Å². The first-order chi connectivity index (χ1) is 14.3. The number of sulfone groups is 1. The van der Waals surface area contributed by atoms with Crippen molar-refractivity contribution in [3.05, 3.63) is 65.2 Å². The summed E-state index contributed by atoms with van der Waals surface area (Å²) in [5.41, 5.74) is 2.24. The third kappa shape index (κ3) is 5.68. The van der Waals surface area contributed by atoms with Crippen LogP contribution < -0.4 is 0 Å². The van der Waals surface area contributed by atoms with E-state index in [9.17, 15) is 13.2 Å². The number of ether oxygens (including phenoxy) is 1. The molecule has 1 heterocycles.